The number of aryl methyl sites for hydroxylation is 3. The second-order valence-corrected chi connectivity index (χ2v) is 6.47. The Labute approximate surface area is 206 Å². The summed E-state index contributed by atoms with van der Waals surface area (Å²) in [6.07, 6.45) is 0. The Balaban J connectivity index is 0.000000429. The van der Waals surface area contributed by atoms with Crippen LogP contribution in [0.25, 0.3) is 0 Å². The van der Waals surface area contributed by atoms with Gasteiger partial charge in [-0.1, -0.05) is 89.5 Å². The molecule has 0 aromatic heterocycles. The van der Waals surface area contributed by atoms with Crippen molar-refractivity contribution in [3.63, 3.8) is 0 Å². The van der Waals surface area contributed by atoms with Crippen molar-refractivity contribution in [2.75, 3.05) is 0 Å². The number of carbonyl (C=O) groups is 3. The summed E-state index contributed by atoms with van der Waals surface area (Å²) in [6.45, 7) is 5.52. The first-order valence-electron chi connectivity index (χ1n) is 8.94. The van der Waals surface area contributed by atoms with Crippen molar-refractivity contribution in [2.24, 2.45) is 0 Å². The maximum absolute atomic E-state index is 10.2. The number of aromatic carboxylic acids is 3. The molecule has 6 nitrogen and oxygen atoms in total. The normalized spacial score (nSPS) is 9.00. The van der Waals surface area contributed by atoms with Crippen LogP contribution in [-0.2, 0) is 32.7 Å². The summed E-state index contributed by atoms with van der Waals surface area (Å²) in [7, 11) is 0. The van der Waals surface area contributed by atoms with E-state index in [9.17, 15) is 29.7 Å². The SMILES string of the molecule is Cc1cccc(C(=O)[O-])c1.Cc1cccc(C(=O)[O-])c1.Cc1cccc(C(=O)[O-])c1.[Y+3]. The van der Waals surface area contributed by atoms with Crippen molar-refractivity contribution in [3.8, 4) is 0 Å². The molecule has 3 aromatic rings. The van der Waals surface area contributed by atoms with E-state index in [4.69, 9.17) is 0 Å². The Morgan fingerprint density at radius 1 is 0.516 bits per heavy atom. The molecular formula is C24H21O6Y. The van der Waals surface area contributed by atoms with E-state index >= 15 is 0 Å². The largest absolute Gasteiger partial charge is 3.00 e. The first kappa shape index (κ1) is 28.2. The molecule has 0 aliphatic carbocycles. The molecule has 0 spiro atoms. The van der Waals surface area contributed by atoms with Crippen LogP contribution >= 0.6 is 0 Å². The standard InChI is InChI=1S/3C8H8O2.Y/c3*1-6-3-2-4-7(5-6)8(9)10;/h3*2-5H,1H3,(H,9,10);/q;;;+3/p-3. The Bertz CT molecular complexity index is 898. The van der Waals surface area contributed by atoms with E-state index in [-0.39, 0.29) is 49.4 Å². The Hall–Kier alpha value is -2.83. The molecule has 0 saturated carbocycles. The zero-order valence-electron chi connectivity index (χ0n) is 17.5. The van der Waals surface area contributed by atoms with E-state index in [2.05, 4.69) is 0 Å². The van der Waals surface area contributed by atoms with E-state index in [1.165, 1.54) is 18.2 Å². The van der Waals surface area contributed by atoms with Crippen LogP contribution in [0.3, 0.4) is 0 Å². The second-order valence-electron chi connectivity index (χ2n) is 6.47. The minimum absolute atomic E-state index is 0. The summed E-state index contributed by atoms with van der Waals surface area (Å²) in [6, 6.07) is 19.9. The van der Waals surface area contributed by atoms with Crippen molar-refractivity contribution >= 4 is 17.9 Å². The van der Waals surface area contributed by atoms with Gasteiger partial charge < -0.3 is 29.7 Å². The van der Waals surface area contributed by atoms with E-state index in [1.807, 2.05) is 39.0 Å². The predicted molar refractivity (Wildman–Crippen MR) is 107 cm³/mol. The van der Waals surface area contributed by atoms with Gasteiger partial charge in [0.1, 0.15) is 0 Å². The first-order chi connectivity index (χ1) is 14.1. The topological polar surface area (TPSA) is 120 Å². The minimum atomic E-state index is -1.12. The molecule has 7 heteroatoms. The van der Waals surface area contributed by atoms with Gasteiger partial charge in [0, 0.05) is 0 Å². The smallest absolute Gasteiger partial charge is 0.545 e. The van der Waals surface area contributed by atoms with Crippen molar-refractivity contribution in [2.45, 2.75) is 20.8 Å². The second kappa shape index (κ2) is 14.2. The third-order valence-corrected chi connectivity index (χ3v) is 3.76. The average Bonchev–Trinajstić information content (AvgIpc) is 2.69. The molecule has 3 rings (SSSR count). The molecule has 0 heterocycles. The van der Waals surface area contributed by atoms with E-state index in [0.29, 0.717) is 0 Å². The Kier molecular flexibility index (Phi) is 12.9. The molecule has 31 heavy (non-hydrogen) atoms. The van der Waals surface area contributed by atoms with Gasteiger partial charge in [0.2, 0.25) is 0 Å². The third-order valence-electron chi connectivity index (χ3n) is 3.76. The molecule has 3 aromatic carbocycles. The summed E-state index contributed by atoms with van der Waals surface area (Å²) in [5.74, 6) is -3.36. The van der Waals surface area contributed by atoms with Crippen molar-refractivity contribution < 1.29 is 62.4 Å². The number of rotatable bonds is 3. The predicted octanol–water partition coefficient (Wildman–Crippen LogP) is 1.07. The number of carbonyl (C=O) groups excluding carboxylic acids is 3. The van der Waals surface area contributed by atoms with Gasteiger partial charge >= 0.3 is 32.7 Å². The molecule has 0 fully saturated rings. The van der Waals surface area contributed by atoms with Crippen LogP contribution in [0.4, 0.5) is 0 Å². The quantitative estimate of drug-likeness (QED) is 0.537. The molecule has 0 saturated heterocycles. The molecule has 0 aliphatic heterocycles. The van der Waals surface area contributed by atoms with E-state index < -0.39 is 17.9 Å². The van der Waals surface area contributed by atoms with E-state index in [0.717, 1.165) is 16.7 Å². The molecule has 0 atom stereocenters. The number of carboxylic acids is 3. The van der Waals surface area contributed by atoms with Crippen LogP contribution in [0.15, 0.2) is 72.8 Å². The summed E-state index contributed by atoms with van der Waals surface area (Å²) < 4.78 is 0. The minimum Gasteiger partial charge on any atom is -0.545 e. The number of carboxylic acid groups (broad SMARTS) is 3. The van der Waals surface area contributed by atoms with Gasteiger partial charge in [0.15, 0.2) is 0 Å². The van der Waals surface area contributed by atoms with Gasteiger partial charge in [-0.05, 0) is 37.5 Å². The number of hydrogen-bond donors (Lipinski definition) is 0. The third kappa shape index (κ3) is 11.2. The maximum atomic E-state index is 10.2. The fourth-order valence-corrected chi connectivity index (χ4v) is 2.32. The van der Waals surface area contributed by atoms with Crippen molar-refractivity contribution in [1.82, 2.24) is 0 Å². The fourth-order valence-electron chi connectivity index (χ4n) is 2.32. The van der Waals surface area contributed by atoms with Crippen LogP contribution in [0, 0.1) is 20.8 Å². The molecule has 0 N–H and O–H groups in total. The van der Waals surface area contributed by atoms with Gasteiger partial charge in [-0.25, -0.2) is 0 Å². The monoisotopic (exact) mass is 494 g/mol. The zero-order valence-corrected chi connectivity index (χ0v) is 20.3. The molecule has 0 amide bonds. The molecule has 0 aliphatic rings. The summed E-state index contributed by atoms with van der Waals surface area (Å²) in [5.41, 5.74) is 3.50. The van der Waals surface area contributed by atoms with Gasteiger partial charge in [0.25, 0.3) is 0 Å². The summed E-state index contributed by atoms with van der Waals surface area (Å²) >= 11 is 0. The molecule has 0 radical (unpaired) electrons. The Morgan fingerprint density at radius 3 is 0.871 bits per heavy atom. The Morgan fingerprint density at radius 2 is 0.742 bits per heavy atom. The van der Waals surface area contributed by atoms with Crippen LogP contribution in [0.5, 0.6) is 0 Å². The molecule has 156 valence electrons. The van der Waals surface area contributed by atoms with Crippen molar-refractivity contribution in [1.29, 1.82) is 0 Å². The van der Waals surface area contributed by atoms with Crippen LogP contribution in [-0.4, -0.2) is 17.9 Å². The van der Waals surface area contributed by atoms with Gasteiger partial charge in [-0.2, -0.15) is 0 Å². The van der Waals surface area contributed by atoms with E-state index in [1.54, 1.807) is 36.4 Å². The van der Waals surface area contributed by atoms with Crippen LogP contribution in [0.2, 0.25) is 0 Å². The summed E-state index contributed by atoms with van der Waals surface area (Å²) in [4.78, 5) is 30.7. The number of benzene rings is 3. The first-order valence-corrected chi connectivity index (χ1v) is 8.94. The van der Waals surface area contributed by atoms with Gasteiger partial charge in [-0.15, -0.1) is 0 Å². The van der Waals surface area contributed by atoms with Gasteiger partial charge in [-0.3, -0.25) is 0 Å². The molecule has 0 unspecified atom stereocenters. The number of hydrogen-bond acceptors (Lipinski definition) is 6. The van der Waals surface area contributed by atoms with Crippen LogP contribution in [0.1, 0.15) is 47.8 Å². The summed E-state index contributed by atoms with van der Waals surface area (Å²) in [5, 5.41) is 30.7. The molecular weight excluding hydrogens is 473 g/mol. The van der Waals surface area contributed by atoms with Crippen molar-refractivity contribution in [3.05, 3.63) is 106 Å². The average molecular weight is 494 g/mol. The zero-order chi connectivity index (χ0) is 22.7. The maximum Gasteiger partial charge on any atom is 3.00 e. The van der Waals surface area contributed by atoms with Gasteiger partial charge in [0.05, 0.1) is 17.9 Å². The molecule has 0 bridgehead atoms. The fraction of sp³-hybridized carbons (Fsp3) is 0.125. The van der Waals surface area contributed by atoms with Crippen LogP contribution < -0.4 is 15.3 Å².